The molecule has 2 aromatic rings. The molecule has 0 unspecified atom stereocenters. The Labute approximate surface area is 130 Å². The third-order valence-corrected chi connectivity index (χ3v) is 3.43. The van der Waals surface area contributed by atoms with Crippen LogP contribution in [0.2, 0.25) is 0 Å². The number of aliphatic hydroxyl groups is 1. The first-order valence-electron chi connectivity index (χ1n) is 6.31. The molecule has 1 N–H and O–H groups in total. The van der Waals surface area contributed by atoms with Gasteiger partial charge in [0.2, 0.25) is 0 Å². The lowest BCUT2D eigenvalue weighted by atomic mass is 10.1. The lowest BCUT2D eigenvalue weighted by Crippen LogP contribution is -2.01. The Hall–Kier alpha value is -1.92. The summed E-state index contributed by atoms with van der Waals surface area (Å²) in [4.78, 5) is 10.3. The van der Waals surface area contributed by atoms with Crippen molar-refractivity contribution in [2.24, 2.45) is 0 Å². The molecule has 0 bridgehead atoms. The van der Waals surface area contributed by atoms with Gasteiger partial charge in [-0.3, -0.25) is 10.1 Å². The number of ether oxygens (including phenoxy) is 1. The highest BCUT2D eigenvalue weighted by molar-refractivity contribution is 9.10. The van der Waals surface area contributed by atoms with Crippen molar-refractivity contribution in [2.75, 3.05) is 0 Å². The Morgan fingerprint density at radius 1 is 1.33 bits per heavy atom. The number of nitrogens with zero attached hydrogens (tertiary/aromatic N) is 1. The molecular weight excluding hydrogens is 338 g/mol. The minimum atomic E-state index is -0.664. The third-order valence-electron chi connectivity index (χ3n) is 2.94. The zero-order valence-corrected chi connectivity index (χ0v) is 12.9. The van der Waals surface area contributed by atoms with Gasteiger partial charge in [0.05, 0.1) is 11.0 Å². The number of nitro groups is 1. The number of benzene rings is 2. The fourth-order valence-electron chi connectivity index (χ4n) is 1.90. The smallest absolute Gasteiger partial charge is 0.269 e. The molecule has 110 valence electrons. The average molecular weight is 352 g/mol. The number of hydrogen-bond acceptors (Lipinski definition) is 4. The summed E-state index contributed by atoms with van der Waals surface area (Å²) in [5.41, 5.74) is 1.39. The van der Waals surface area contributed by atoms with Crippen LogP contribution in [0.25, 0.3) is 0 Å². The van der Waals surface area contributed by atoms with Crippen LogP contribution in [0.4, 0.5) is 5.69 Å². The molecule has 6 heteroatoms. The van der Waals surface area contributed by atoms with Crippen molar-refractivity contribution in [3.8, 4) is 5.75 Å². The molecule has 0 aliphatic heterocycles. The van der Waals surface area contributed by atoms with Crippen molar-refractivity contribution in [1.29, 1.82) is 0 Å². The van der Waals surface area contributed by atoms with E-state index in [4.69, 9.17) is 4.74 Å². The summed E-state index contributed by atoms with van der Waals surface area (Å²) in [5.74, 6) is 0.555. The molecule has 2 rings (SSSR count). The summed E-state index contributed by atoms with van der Waals surface area (Å²) in [6.45, 7) is 1.85. The van der Waals surface area contributed by atoms with Crippen LogP contribution < -0.4 is 4.74 Å². The molecule has 0 aliphatic carbocycles. The molecule has 0 saturated carbocycles. The predicted octanol–water partition coefficient (Wildman–Crippen LogP) is 3.99. The predicted molar refractivity (Wildman–Crippen MR) is 82.2 cm³/mol. The minimum Gasteiger partial charge on any atom is -0.489 e. The van der Waals surface area contributed by atoms with E-state index in [1.165, 1.54) is 12.1 Å². The van der Waals surface area contributed by atoms with E-state index in [1.807, 2.05) is 6.07 Å². The van der Waals surface area contributed by atoms with Gasteiger partial charge in [-0.1, -0.05) is 28.1 Å². The Morgan fingerprint density at radius 2 is 2.10 bits per heavy atom. The van der Waals surface area contributed by atoms with Gasteiger partial charge in [0.15, 0.2) is 0 Å². The van der Waals surface area contributed by atoms with Crippen molar-refractivity contribution in [3.63, 3.8) is 0 Å². The molecule has 0 heterocycles. The van der Waals surface area contributed by atoms with Crippen LogP contribution in [-0.2, 0) is 6.61 Å². The van der Waals surface area contributed by atoms with Crippen LogP contribution in [0.1, 0.15) is 24.2 Å². The molecule has 5 nitrogen and oxygen atoms in total. The Kier molecular flexibility index (Phi) is 4.93. The first-order valence-corrected chi connectivity index (χ1v) is 7.10. The van der Waals surface area contributed by atoms with E-state index in [2.05, 4.69) is 15.9 Å². The van der Waals surface area contributed by atoms with Gasteiger partial charge in [0.1, 0.15) is 12.4 Å². The number of nitro benzene ring substituents is 1. The second-order valence-electron chi connectivity index (χ2n) is 4.57. The molecule has 21 heavy (non-hydrogen) atoms. The summed E-state index contributed by atoms with van der Waals surface area (Å²) in [6.07, 6.45) is -0.664. The molecule has 0 aromatic heterocycles. The van der Waals surface area contributed by atoms with Gasteiger partial charge in [-0.25, -0.2) is 0 Å². The molecule has 0 aliphatic rings. The molecule has 0 saturated heterocycles. The van der Waals surface area contributed by atoms with Gasteiger partial charge in [-0.15, -0.1) is 0 Å². The zero-order valence-electron chi connectivity index (χ0n) is 11.3. The maximum Gasteiger partial charge on any atom is 0.269 e. The zero-order chi connectivity index (χ0) is 15.4. The summed E-state index contributed by atoms with van der Waals surface area (Å²) in [6, 6.07) is 11.6. The second kappa shape index (κ2) is 6.69. The number of non-ortho nitro benzene ring substituents is 1. The van der Waals surface area contributed by atoms with Crippen LogP contribution in [0.5, 0.6) is 5.75 Å². The number of halogens is 1. The highest BCUT2D eigenvalue weighted by atomic mass is 79.9. The molecular formula is C15H14BrNO4. The lowest BCUT2D eigenvalue weighted by Gasteiger charge is -2.14. The van der Waals surface area contributed by atoms with E-state index in [0.29, 0.717) is 16.9 Å². The first kappa shape index (κ1) is 15.5. The summed E-state index contributed by atoms with van der Waals surface area (Å²) < 4.78 is 6.52. The van der Waals surface area contributed by atoms with Crippen LogP contribution >= 0.6 is 15.9 Å². The molecule has 2 aromatic carbocycles. The quantitative estimate of drug-likeness (QED) is 0.652. The van der Waals surface area contributed by atoms with E-state index in [-0.39, 0.29) is 12.3 Å². The van der Waals surface area contributed by atoms with Crippen LogP contribution in [0.3, 0.4) is 0 Å². The van der Waals surface area contributed by atoms with E-state index in [9.17, 15) is 15.2 Å². The monoisotopic (exact) mass is 351 g/mol. The molecule has 1 atom stereocenters. The van der Waals surface area contributed by atoms with Crippen LogP contribution in [0, 0.1) is 10.1 Å². The van der Waals surface area contributed by atoms with Gasteiger partial charge >= 0.3 is 0 Å². The second-order valence-corrected chi connectivity index (χ2v) is 5.49. The van der Waals surface area contributed by atoms with E-state index >= 15 is 0 Å². The highest BCUT2D eigenvalue weighted by Crippen LogP contribution is 2.29. The van der Waals surface area contributed by atoms with Crippen molar-refractivity contribution in [3.05, 3.63) is 68.2 Å². The fourth-order valence-corrected chi connectivity index (χ4v) is 2.28. The van der Waals surface area contributed by atoms with Crippen LogP contribution in [-0.4, -0.2) is 10.0 Å². The first-order chi connectivity index (χ1) is 9.97. The summed E-state index contributed by atoms with van der Waals surface area (Å²) >= 11 is 3.34. The van der Waals surface area contributed by atoms with Gasteiger partial charge < -0.3 is 9.84 Å². The Morgan fingerprint density at radius 3 is 2.76 bits per heavy atom. The van der Waals surface area contributed by atoms with E-state index < -0.39 is 11.0 Å². The number of hydrogen-bond donors (Lipinski definition) is 1. The molecule has 0 fully saturated rings. The Balaban J connectivity index is 2.16. The summed E-state index contributed by atoms with van der Waals surface area (Å²) in [7, 11) is 0. The number of aliphatic hydroxyl groups excluding tert-OH is 1. The molecule has 0 amide bonds. The van der Waals surface area contributed by atoms with Crippen molar-refractivity contribution in [1.82, 2.24) is 0 Å². The largest absolute Gasteiger partial charge is 0.489 e. The fraction of sp³-hybridized carbons (Fsp3) is 0.200. The van der Waals surface area contributed by atoms with Gasteiger partial charge in [0, 0.05) is 22.2 Å². The third kappa shape index (κ3) is 4.03. The maximum atomic E-state index is 10.7. The Bertz CT molecular complexity index is 658. The minimum absolute atomic E-state index is 0.0302. The van der Waals surface area contributed by atoms with Crippen molar-refractivity contribution >= 4 is 21.6 Å². The lowest BCUT2D eigenvalue weighted by molar-refractivity contribution is -0.384. The number of rotatable bonds is 5. The van der Waals surface area contributed by atoms with Crippen molar-refractivity contribution in [2.45, 2.75) is 19.6 Å². The SMILES string of the molecule is C[C@H](O)c1cc(Br)ccc1OCc1cccc([N+](=O)[O-])c1. The van der Waals surface area contributed by atoms with Gasteiger partial charge in [-0.05, 0) is 30.7 Å². The van der Waals surface area contributed by atoms with E-state index in [0.717, 1.165) is 4.47 Å². The van der Waals surface area contributed by atoms with E-state index in [1.54, 1.807) is 31.2 Å². The molecule has 0 spiro atoms. The van der Waals surface area contributed by atoms with Crippen LogP contribution in [0.15, 0.2) is 46.9 Å². The molecule has 0 radical (unpaired) electrons. The summed E-state index contributed by atoms with van der Waals surface area (Å²) in [5, 5.41) is 20.5. The topological polar surface area (TPSA) is 72.6 Å². The maximum absolute atomic E-state index is 10.7. The average Bonchev–Trinajstić information content (AvgIpc) is 2.46. The van der Waals surface area contributed by atoms with Gasteiger partial charge in [-0.2, -0.15) is 0 Å². The highest BCUT2D eigenvalue weighted by Gasteiger charge is 2.11. The van der Waals surface area contributed by atoms with Crippen molar-refractivity contribution < 1.29 is 14.8 Å². The van der Waals surface area contributed by atoms with Gasteiger partial charge in [0.25, 0.3) is 5.69 Å². The normalized spacial score (nSPS) is 12.0. The standard InChI is InChI=1S/C15H14BrNO4/c1-10(18)14-8-12(16)5-6-15(14)21-9-11-3-2-4-13(7-11)17(19)20/h2-8,10,18H,9H2,1H3/t10-/m0/s1.